The summed E-state index contributed by atoms with van der Waals surface area (Å²) in [5, 5.41) is 15.8. The van der Waals surface area contributed by atoms with E-state index in [-0.39, 0.29) is 18.0 Å². The van der Waals surface area contributed by atoms with Crippen molar-refractivity contribution in [2.75, 3.05) is 37.9 Å². The Kier molecular flexibility index (Phi) is 4.94. The third-order valence-electron chi connectivity index (χ3n) is 3.89. The molecule has 1 aliphatic carbocycles. The predicted molar refractivity (Wildman–Crippen MR) is 77.0 cm³/mol. The molecular formula is C13H23N5O2. The molecule has 1 aromatic heterocycles. The van der Waals surface area contributed by atoms with Gasteiger partial charge in [-0.3, -0.25) is 0 Å². The highest BCUT2D eigenvalue weighted by molar-refractivity contribution is 5.35. The van der Waals surface area contributed by atoms with Gasteiger partial charge < -0.3 is 20.5 Å². The quantitative estimate of drug-likeness (QED) is 0.723. The number of nitrogens with one attached hydrogen (secondary N) is 2. The van der Waals surface area contributed by atoms with Gasteiger partial charge in [0.1, 0.15) is 0 Å². The largest absolute Gasteiger partial charge is 0.467 e. The van der Waals surface area contributed by atoms with Crippen molar-refractivity contribution in [3.05, 3.63) is 0 Å². The highest BCUT2D eigenvalue weighted by Gasteiger charge is 2.31. The minimum absolute atomic E-state index is 0.0576. The molecule has 7 heteroatoms. The summed E-state index contributed by atoms with van der Waals surface area (Å²) in [6.45, 7) is 0.862. The van der Waals surface area contributed by atoms with E-state index in [1.54, 1.807) is 7.05 Å². The van der Waals surface area contributed by atoms with Crippen LogP contribution in [0, 0.1) is 5.41 Å². The number of hydrogen-bond donors (Lipinski definition) is 3. The van der Waals surface area contributed by atoms with Gasteiger partial charge in [-0.15, -0.1) is 0 Å². The molecule has 0 atom stereocenters. The molecule has 0 amide bonds. The van der Waals surface area contributed by atoms with Gasteiger partial charge in [-0.25, -0.2) is 0 Å². The fraction of sp³-hybridized carbons (Fsp3) is 0.769. The van der Waals surface area contributed by atoms with Gasteiger partial charge in [-0.2, -0.15) is 15.0 Å². The standard InChI is InChI=1S/C13H23N5O2/c1-14-10-16-11(18-12(17-10)20-2)15-8-13(9-19)6-4-3-5-7-13/h19H,3-9H2,1-2H3,(H2,14,15,16,17,18). The van der Waals surface area contributed by atoms with E-state index in [1.165, 1.54) is 26.4 Å². The Labute approximate surface area is 119 Å². The van der Waals surface area contributed by atoms with Crippen molar-refractivity contribution in [1.29, 1.82) is 0 Å². The highest BCUT2D eigenvalue weighted by atomic mass is 16.5. The van der Waals surface area contributed by atoms with Crippen molar-refractivity contribution in [3.8, 4) is 6.01 Å². The molecule has 0 aromatic carbocycles. The second-order valence-corrected chi connectivity index (χ2v) is 5.29. The molecule has 0 saturated heterocycles. The summed E-state index contributed by atoms with van der Waals surface area (Å²) in [6.07, 6.45) is 5.68. The zero-order valence-electron chi connectivity index (χ0n) is 12.1. The smallest absolute Gasteiger partial charge is 0.322 e. The number of aliphatic hydroxyl groups is 1. The lowest BCUT2D eigenvalue weighted by Crippen LogP contribution is -2.36. The van der Waals surface area contributed by atoms with Crippen LogP contribution in [0.25, 0.3) is 0 Å². The normalized spacial score (nSPS) is 17.6. The van der Waals surface area contributed by atoms with Crippen LogP contribution in [0.4, 0.5) is 11.9 Å². The molecule has 0 bridgehead atoms. The van der Waals surface area contributed by atoms with E-state index in [0.717, 1.165) is 12.8 Å². The molecule has 1 aromatic rings. The number of rotatable bonds is 6. The third kappa shape index (κ3) is 3.47. The molecule has 1 fully saturated rings. The molecule has 1 heterocycles. The Bertz CT molecular complexity index is 413. The fourth-order valence-electron chi connectivity index (χ4n) is 2.60. The number of ether oxygens (including phenoxy) is 1. The van der Waals surface area contributed by atoms with Gasteiger partial charge in [0, 0.05) is 19.0 Å². The number of anilines is 2. The van der Waals surface area contributed by atoms with Crippen LogP contribution in [0.3, 0.4) is 0 Å². The molecule has 0 unspecified atom stereocenters. The van der Waals surface area contributed by atoms with Crippen LogP contribution in [0.1, 0.15) is 32.1 Å². The molecule has 1 saturated carbocycles. The first-order valence-electron chi connectivity index (χ1n) is 7.04. The van der Waals surface area contributed by atoms with Crippen LogP contribution in [-0.4, -0.2) is 47.4 Å². The van der Waals surface area contributed by atoms with Crippen LogP contribution < -0.4 is 15.4 Å². The molecular weight excluding hydrogens is 258 g/mol. The Hall–Kier alpha value is -1.63. The maximum Gasteiger partial charge on any atom is 0.322 e. The summed E-state index contributed by atoms with van der Waals surface area (Å²) >= 11 is 0. The van der Waals surface area contributed by atoms with Crippen molar-refractivity contribution in [3.63, 3.8) is 0 Å². The van der Waals surface area contributed by atoms with Gasteiger partial charge in [-0.1, -0.05) is 19.3 Å². The molecule has 3 N–H and O–H groups in total. The van der Waals surface area contributed by atoms with Crippen LogP contribution in [0.5, 0.6) is 6.01 Å². The van der Waals surface area contributed by atoms with E-state index in [2.05, 4.69) is 25.6 Å². The van der Waals surface area contributed by atoms with Gasteiger partial charge in [0.25, 0.3) is 0 Å². The molecule has 0 radical (unpaired) electrons. The molecule has 112 valence electrons. The lowest BCUT2D eigenvalue weighted by atomic mass is 9.74. The lowest BCUT2D eigenvalue weighted by Gasteiger charge is -2.35. The summed E-state index contributed by atoms with van der Waals surface area (Å²) < 4.78 is 5.05. The van der Waals surface area contributed by atoms with Crippen molar-refractivity contribution in [2.24, 2.45) is 5.41 Å². The zero-order valence-corrected chi connectivity index (χ0v) is 12.1. The SMILES string of the molecule is CNc1nc(NCC2(CO)CCCCC2)nc(OC)n1. The lowest BCUT2D eigenvalue weighted by molar-refractivity contribution is 0.0942. The van der Waals surface area contributed by atoms with Crippen LogP contribution in [0.2, 0.25) is 0 Å². The number of hydrogen-bond acceptors (Lipinski definition) is 7. The van der Waals surface area contributed by atoms with E-state index in [4.69, 9.17) is 4.74 Å². The number of aliphatic hydroxyl groups excluding tert-OH is 1. The number of aromatic nitrogens is 3. The topological polar surface area (TPSA) is 92.2 Å². The Morgan fingerprint density at radius 2 is 1.85 bits per heavy atom. The third-order valence-corrected chi connectivity index (χ3v) is 3.89. The van der Waals surface area contributed by atoms with E-state index in [1.807, 2.05) is 0 Å². The fourth-order valence-corrected chi connectivity index (χ4v) is 2.60. The average molecular weight is 281 g/mol. The number of nitrogens with zero attached hydrogens (tertiary/aromatic N) is 3. The van der Waals surface area contributed by atoms with Gasteiger partial charge in [-0.05, 0) is 12.8 Å². The second-order valence-electron chi connectivity index (χ2n) is 5.29. The minimum Gasteiger partial charge on any atom is -0.467 e. The maximum absolute atomic E-state index is 9.69. The first-order valence-corrected chi connectivity index (χ1v) is 7.04. The van der Waals surface area contributed by atoms with Gasteiger partial charge in [0.2, 0.25) is 11.9 Å². The molecule has 0 spiro atoms. The molecule has 1 aliphatic rings. The Balaban J connectivity index is 2.05. The Morgan fingerprint density at radius 1 is 1.15 bits per heavy atom. The average Bonchev–Trinajstić information content (AvgIpc) is 2.53. The first-order chi connectivity index (χ1) is 9.71. The summed E-state index contributed by atoms with van der Waals surface area (Å²) in [7, 11) is 3.27. The zero-order chi connectivity index (χ0) is 14.4. The molecule has 20 heavy (non-hydrogen) atoms. The van der Waals surface area contributed by atoms with Crippen molar-refractivity contribution in [2.45, 2.75) is 32.1 Å². The predicted octanol–water partition coefficient (Wildman–Crippen LogP) is 1.28. The Morgan fingerprint density at radius 3 is 2.45 bits per heavy atom. The summed E-state index contributed by atoms with van der Waals surface area (Å²) in [5.74, 6) is 0.931. The molecule has 2 rings (SSSR count). The molecule has 0 aliphatic heterocycles. The van der Waals surface area contributed by atoms with E-state index in [9.17, 15) is 5.11 Å². The van der Waals surface area contributed by atoms with Gasteiger partial charge >= 0.3 is 6.01 Å². The van der Waals surface area contributed by atoms with Crippen molar-refractivity contribution < 1.29 is 9.84 Å². The number of methoxy groups -OCH3 is 1. The van der Waals surface area contributed by atoms with Crippen molar-refractivity contribution >= 4 is 11.9 Å². The summed E-state index contributed by atoms with van der Waals surface area (Å²) in [6, 6.07) is 0.272. The molecule has 7 nitrogen and oxygen atoms in total. The van der Waals surface area contributed by atoms with E-state index in [0.29, 0.717) is 18.4 Å². The van der Waals surface area contributed by atoms with Crippen LogP contribution in [-0.2, 0) is 0 Å². The van der Waals surface area contributed by atoms with E-state index < -0.39 is 0 Å². The van der Waals surface area contributed by atoms with Crippen LogP contribution >= 0.6 is 0 Å². The second kappa shape index (κ2) is 6.69. The van der Waals surface area contributed by atoms with Gasteiger partial charge in [0.05, 0.1) is 13.7 Å². The highest BCUT2D eigenvalue weighted by Crippen LogP contribution is 2.35. The summed E-state index contributed by atoms with van der Waals surface area (Å²) in [4.78, 5) is 12.5. The van der Waals surface area contributed by atoms with Gasteiger partial charge in [0.15, 0.2) is 0 Å². The summed E-state index contributed by atoms with van der Waals surface area (Å²) in [5.41, 5.74) is -0.0576. The first kappa shape index (κ1) is 14.8. The monoisotopic (exact) mass is 281 g/mol. The minimum atomic E-state index is -0.0576. The van der Waals surface area contributed by atoms with Crippen molar-refractivity contribution in [1.82, 2.24) is 15.0 Å². The van der Waals surface area contributed by atoms with E-state index >= 15 is 0 Å². The maximum atomic E-state index is 9.69. The van der Waals surface area contributed by atoms with Crippen LogP contribution in [0.15, 0.2) is 0 Å².